The van der Waals surface area contributed by atoms with E-state index in [9.17, 15) is 13.2 Å². The number of hydrogen-bond acceptors (Lipinski definition) is 4. The number of rotatable bonds is 6. The molecular formula is C20H24N2O3S2. The van der Waals surface area contributed by atoms with Gasteiger partial charge in [-0.1, -0.05) is 42.0 Å². The number of aromatic nitrogens is 1. The van der Waals surface area contributed by atoms with Gasteiger partial charge in [0, 0.05) is 12.6 Å². The van der Waals surface area contributed by atoms with Crippen LogP contribution in [0.5, 0.6) is 0 Å². The molecule has 0 saturated heterocycles. The molecular weight excluding hydrogens is 380 g/mol. The van der Waals surface area contributed by atoms with Crippen molar-refractivity contribution >= 4 is 31.6 Å². The molecule has 0 radical (unpaired) electrons. The van der Waals surface area contributed by atoms with Crippen LogP contribution in [0.25, 0.3) is 10.2 Å². The van der Waals surface area contributed by atoms with Crippen molar-refractivity contribution < 1.29 is 8.42 Å². The minimum atomic E-state index is -3.70. The quantitative estimate of drug-likeness (QED) is 0.672. The van der Waals surface area contributed by atoms with Crippen LogP contribution in [0.3, 0.4) is 0 Å². The summed E-state index contributed by atoms with van der Waals surface area (Å²) in [6, 6.07) is 10.5. The Morgan fingerprint density at radius 2 is 1.89 bits per heavy atom. The first-order chi connectivity index (χ1) is 12.7. The Kier molecular flexibility index (Phi) is 5.55. The first kappa shape index (κ1) is 19.8. The molecule has 0 aliphatic carbocycles. The van der Waals surface area contributed by atoms with Crippen molar-refractivity contribution in [2.24, 2.45) is 0 Å². The Labute approximate surface area is 163 Å². The van der Waals surface area contributed by atoms with Gasteiger partial charge < -0.3 is 0 Å². The third-order valence-corrected chi connectivity index (χ3v) is 7.11. The molecule has 3 aromatic rings. The Morgan fingerprint density at radius 1 is 1.15 bits per heavy atom. The van der Waals surface area contributed by atoms with Gasteiger partial charge in [0.05, 0.1) is 15.1 Å². The molecule has 0 fully saturated rings. The maximum Gasteiger partial charge on any atom is 0.308 e. The fraction of sp³-hybridized carbons (Fsp3) is 0.350. The number of aryl methyl sites for hydroxylation is 3. The SMILES string of the molecule is CCCn1c(=O)sc2cc(S(=O)(=O)N[C@H](C)c3cc(C)ccc3C)ccc21. The number of nitrogens with zero attached hydrogens (tertiary/aromatic N) is 1. The fourth-order valence-electron chi connectivity index (χ4n) is 3.24. The van der Waals surface area contributed by atoms with Gasteiger partial charge in [0.25, 0.3) is 0 Å². The molecule has 1 N–H and O–H groups in total. The third-order valence-electron chi connectivity index (χ3n) is 4.63. The van der Waals surface area contributed by atoms with Crippen molar-refractivity contribution in [3.05, 3.63) is 62.8 Å². The van der Waals surface area contributed by atoms with E-state index in [-0.39, 0.29) is 15.8 Å². The molecule has 0 spiro atoms. The summed E-state index contributed by atoms with van der Waals surface area (Å²) in [5, 5.41) is 0. The molecule has 0 aliphatic rings. The van der Waals surface area contributed by atoms with Gasteiger partial charge in [-0.15, -0.1) is 0 Å². The number of hydrogen-bond donors (Lipinski definition) is 1. The van der Waals surface area contributed by atoms with Crippen molar-refractivity contribution in [1.29, 1.82) is 0 Å². The van der Waals surface area contributed by atoms with Crippen molar-refractivity contribution in [3.63, 3.8) is 0 Å². The largest absolute Gasteiger partial charge is 0.308 e. The summed E-state index contributed by atoms with van der Waals surface area (Å²) < 4.78 is 30.9. The number of sulfonamides is 1. The second-order valence-electron chi connectivity index (χ2n) is 6.85. The van der Waals surface area contributed by atoms with Crippen LogP contribution in [-0.4, -0.2) is 13.0 Å². The van der Waals surface area contributed by atoms with Gasteiger partial charge in [0.2, 0.25) is 10.0 Å². The Bertz CT molecular complexity index is 1140. The van der Waals surface area contributed by atoms with Gasteiger partial charge in [0.15, 0.2) is 0 Å². The lowest BCUT2D eigenvalue weighted by Crippen LogP contribution is -2.27. The molecule has 7 heteroatoms. The highest BCUT2D eigenvalue weighted by atomic mass is 32.2. The molecule has 2 aromatic carbocycles. The van der Waals surface area contributed by atoms with E-state index in [0.717, 1.165) is 40.0 Å². The monoisotopic (exact) mass is 404 g/mol. The van der Waals surface area contributed by atoms with E-state index in [2.05, 4.69) is 4.72 Å². The van der Waals surface area contributed by atoms with Crippen molar-refractivity contribution in [3.8, 4) is 0 Å². The zero-order chi connectivity index (χ0) is 19.8. The second kappa shape index (κ2) is 7.58. The van der Waals surface area contributed by atoms with Crippen LogP contribution in [0, 0.1) is 13.8 Å². The highest BCUT2D eigenvalue weighted by Gasteiger charge is 2.21. The van der Waals surface area contributed by atoms with Crippen LogP contribution in [0.1, 0.15) is 43.0 Å². The minimum Gasteiger partial charge on any atom is -0.299 e. The molecule has 1 atom stereocenters. The van der Waals surface area contributed by atoms with Crippen LogP contribution in [0.2, 0.25) is 0 Å². The average molecular weight is 405 g/mol. The highest BCUT2D eigenvalue weighted by molar-refractivity contribution is 7.89. The van der Waals surface area contributed by atoms with E-state index in [1.165, 1.54) is 0 Å². The highest BCUT2D eigenvalue weighted by Crippen LogP contribution is 2.25. The first-order valence-electron chi connectivity index (χ1n) is 8.96. The predicted molar refractivity (Wildman–Crippen MR) is 111 cm³/mol. The van der Waals surface area contributed by atoms with Crippen molar-refractivity contribution in [2.75, 3.05) is 0 Å². The van der Waals surface area contributed by atoms with Crippen molar-refractivity contribution in [2.45, 2.75) is 51.6 Å². The van der Waals surface area contributed by atoms with E-state index < -0.39 is 10.0 Å². The molecule has 144 valence electrons. The minimum absolute atomic E-state index is 0.0573. The molecule has 1 aromatic heterocycles. The van der Waals surface area contributed by atoms with E-state index >= 15 is 0 Å². The molecule has 0 amide bonds. The number of benzene rings is 2. The Hall–Kier alpha value is -1.96. The van der Waals surface area contributed by atoms with Crippen LogP contribution in [-0.2, 0) is 16.6 Å². The maximum absolute atomic E-state index is 12.9. The van der Waals surface area contributed by atoms with Gasteiger partial charge in [-0.25, -0.2) is 13.1 Å². The van der Waals surface area contributed by atoms with Crippen LogP contribution >= 0.6 is 11.3 Å². The molecule has 0 bridgehead atoms. The van der Waals surface area contributed by atoms with Gasteiger partial charge >= 0.3 is 4.87 Å². The topological polar surface area (TPSA) is 68.2 Å². The normalized spacial score (nSPS) is 13.2. The standard InChI is InChI=1S/C20H24N2O3S2/c1-5-10-22-18-9-8-16(12-19(18)26-20(22)23)27(24,25)21-15(4)17-11-13(2)6-7-14(17)3/h6-9,11-12,15,21H,5,10H2,1-4H3/t15-/m1/s1. The maximum atomic E-state index is 12.9. The van der Waals surface area contributed by atoms with Gasteiger partial charge in [-0.3, -0.25) is 9.36 Å². The van der Waals surface area contributed by atoms with Gasteiger partial charge in [0.1, 0.15) is 0 Å². The lowest BCUT2D eigenvalue weighted by atomic mass is 10.0. The number of nitrogens with one attached hydrogen (secondary N) is 1. The fourth-order valence-corrected chi connectivity index (χ4v) is 5.52. The molecule has 0 saturated carbocycles. The summed E-state index contributed by atoms with van der Waals surface area (Å²) in [7, 11) is -3.70. The van der Waals surface area contributed by atoms with Crippen LogP contribution < -0.4 is 9.60 Å². The summed E-state index contributed by atoms with van der Waals surface area (Å²) in [4.78, 5) is 12.3. The second-order valence-corrected chi connectivity index (χ2v) is 9.56. The summed E-state index contributed by atoms with van der Waals surface area (Å²) in [5.41, 5.74) is 3.87. The molecule has 1 heterocycles. The summed E-state index contributed by atoms with van der Waals surface area (Å²) in [5.74, 6) is 0. The van der Waals surface area contributed by atoms with E-state index in [1.54, 1.807) is 22.8 Å². The van der Waals surface area contributed by atoms with E-state index in [4.69, 9.17) is 0 Å². The Morgan fingerprint density at radius 3 is 2.59 bits per heavy atom. The van der Waals surface area contributed by atoms with E-state index in [1.807, 2.05) is 45.9 Å². The van der Waals surface area contributed by atoms with Crippen LogP contribution in [0.4, 0.5) is 0 Å². The lowest BCUT2D eigenvalue weighted by Gasteiger charge is -2.17. The molecule has 27 heavy (non-hydrogen) atoms. The molecule has 0 aliphatic heterocycles. The molecule has 5 nitrogen and oxygen atoms in total. The lowest BCUT2D eigenvalue weighted by molar-refractivity contribution is 0.566. The van der Waals surface area contributed by atoms with Gasteiger partial charge in [-0.05, 0) is 56.5 Å². The molecule has 0 unspecified atom stereocenters. The number of fused-ring (bicyclic) bond motifs is 1. The Balaban J connectivity index is 1.95. The smallest absolute Gasteiger partial charge is 0.299 e. The van der Waals surface area contributed by atoms with Gasteiger partial charge in [-0.2, -0.15) is 0 Å². The average Bonchev–Trinajstić information content (AvgIpc) is 2.92. The number of thiazole rings is 1. The zero-order valence-electron chi connectivity index (χ0n) is 15.9. The zero-order valence-corrected chi connectivity index (χ0v) is 17.6. The predicted octanol–water partition coefficient (Wildman–Crippen LogP) is 4.13. The third kappa shape index (κ3) is 4.00. The summed E-state index contributed by atoms with van der Waals surface area (Å²) in [6.45, 7) is 8.44. The summed E-state index contributed by atoms with van der Waals surface area (Å²) in [6.07, 6.45) is 0.848. The van der Waals surface area contributed by atoms with E-state index in [0.29, 0.717) is 11.2 Å². The van der Waals surface area contributed by atoms with Crippen LogP contribution in [0.15, 0.2) is 46.1 Å². The van der Waals surface area contributed by atoms with Crippen molar-refractivity contribution in [1.82, 2.24) is 9.29 Å². The summed E-state index contributed by atoms with van der Waals surface area (Å²) >= 11 is 1.08. The first-order valence-corrected chi connectivity index (χ1v) is 11.3. The molecule has 3 rings (SSSR count).